The van der Waals surface area contributed by atoms with Gasteiger partial charge in [-0.25, -0.2) is 0 Å². The van der Waals surface area contributed by atoms with Gasteiger partial charge in [-0.05, 0) is 38.5 Å². The van der Waals surface area contributed by atoms with E-state index in [1.54, 1.807) is 0 Å². The first-order valence-corrected chi connectivity index (χ1v) is 12.8. The van der Waals surface area contributed by atoms with Crippen molar-refractivity contribution in [2.75, 3.05) is 0 Å². The van der Waals surface area contributed by atoms with Crippen LogP contribution in [0.3, 0.4) is 0 Å². The Kier molecular flexibility index (Phi) is 11.9. The molecule has 31 heavy (non-hydrogen) atoms. The van der Waals surface area contributed by atoms with Crippen LogP contribution in [0.1, 0.15) is 135 Å². The molecule has 0 radical (unpaired) electrons. The van der Waals surface area contributed by atoms with Crippen LogP contribution in [0.15, 0.2) is 0 Å². The number of hydrogen-bond donors (Lipinski definition) is 2. The summed E-state index contributed by atoms with van der Waals surface area (Å²) in [6.45, 7) is 0. The third-order valence-electron chi connectivity index (χ3n) is 6.64. The van der Waals surface area contributed by atoms with Crippen molar-refractivity contribution in [3.63, 3.8) is 0 Å². The minimum absolute atomic E-state index is 0.265. The maximum atomic E-state index is 11.9. The molecule has 0 heterocycles. The van der Waals surface area contributed by atoms with Gasteiger partial charge in [-0.2, -0.15) is 0 Å². The van der Waals surface area contributed by atoms with Crippen LogP contribution in [-0.2, 0) is 19.1 Å². The summed E-state index contributed by atoms with van der Waals surface area (Å²) in [4.78, 5) is 23.8. The third-order valence-corrected chi connectivity index (χ3v) is 6.64. The van der Waals surface area contributed by atoms with Gasteiger partial charge in [0.05, 0.1) is 0 Å². The van der Waals surface area contributed by atoms with E-state index in [4.69, 9.17) is 9.47 Å². The molecule has 0 saturated heterocycles. The second-order valence-electron chi connectivity index (χ2n) is 9.64. The van der Waals surface area contributed by atoms with Crippen molar-refractivity contribution in [2.24, 2.45) is 0 Å². The highest BCUT2D eigenvalue weighted by Gasteiger charge is 2.33. The normalized spacial score (nSPS) is 20.2. The lowest BCUT2D eigenvalue weighted by Gasteiger charge is -2.31. The first-order valence-electron chi connectivity index (χ1n) is 12.8. The van der Waals surface area contributed by atoms with Crippen molar-refractivity contribution in [1.29, 1.82) is 0 Å². The fraction of sp³-hybridized carbons (Fsp3) is 0.920. The zero-order chi connectivity index (χ0) is 22.4. The smallest absolute Gasteiger partial charge is 0.308 e. The Bertz CT molecular complexity index is 474. The van der Waals surface area contributed by atoms with E-state index < -0.39 is 11.6 Å². The van der Waals surface area contributed by atoms with Crippen molar-refractivity contribution in [3.8, 4) is 0 Å². The summed E-state index contributed by atoms with van der Waals surface area (Å²) >= 11 is 0. The lowest BCUT2D eigenvalue weighted by Crippen LogP contribution is -2.36. The molecular formula is C25H44O6. The highest BCUT2D eigenvalue weighted by atomic mass is 16.7. The Morgan fingerprint density at radius 1 is 0.516 bits per heavy atom. The lowest BCUT2D eigenvalue weighted by atomic mass is 9.94. The molecule has 0 atom stereocenters. The van der Waals surface area contributed by atoms with E-state index in [0.717, 1.165) is 89.9 Å². The standard InChI is InChI=1S/C25H44O6/c26-22(30-24(28)18-12-8-13-19-24)16-10-6-4-2-1-3-5-7-11-17-23(27)31-25(29)20-14-9-15-21-25/h28-29H,1-21H2. The maximum absolute atomic E-state index is 11.9. The van der Waals surface area contributed by atoms with E-state index in [1.807, 2.05) is 0 Å². The molecule has 0 bridgehead atoms. The van der Waals surface area contributed by atoms with Crippen LogP contribution in [-0.4, -0.2) is 33.7 Å². The molecule has 6 nitrogen and oxygen atoms in total. The number of ether oxygens (including phenoxy) is 2. The Balaban J connectivity index is 1.35. The minimum atomic E-state index is -1.21. The van der Waals surface area contributed by atoms with E-state index >= 15 is 0 Å². The second-order valence-corrected chi connectivity index (χ2v) is 9.64. The summed E-state index contributed by atoms with van der Waals surface area (Å²) in [5.74, 6) is -2.94. The minimum Gasteiger partial charge on any atom is -0.433 e. The predicted molar refractivity (Wildman–Crippen MR) is 119 cm³/mol. The van der Waals surface area contributed by atoms with Gasteiger partial charge >= 0.3 is 11.9 Å². The van der Waals surface area contributed by atoms with E-state index in [1.165, 1.54) is 6.42 Å². The van der Waals surface area contributed by atoms with Crippen LogP contribution in [0.4, 0.5) is 0 Å². The number of unbranched alkanes of at least 4 members (excludes halogenated alkanes) is 8. The summed E-state index contributed by atoms with van der Waals surface area (Å²) in [7, 11) is 0. The largest absolute Gasteiger partial charge is 0.433 e. The number of aliphatic hydroxyl groups is 2. The third kappa shape index (κ3) is 11.3. The average Bonchev–Trinajstić information content (AvgIpc) is 2.72. The SMILES string of the molecule is O=C(CCCCCCCCCCCC(=O)OC1(O)CCCCC1)OC1(O)CCCCC1. The molecule has 2 saturated carbocycles. The molecule has 0 unspecified atom stereocenters. The number of esters is 2. The molecule has 2 aliphatic rings. The summed E-state index contributed by atoms with van der Waals surface area (Å²) in [5.41, 5.74) is 0. The van der Waals surface area contributed by atoms with Crippen LogP contribution in [0.25, 0.3) is 0 Å². The van der Waals surface area contributed by atoms with Crippen molar-refractivity contribution >= 4 is 11.9 Å². The van der Waals surface area contributed by atoms with Crippen LogP contribution in [0.5, 0.6) is 0 Å². The molecule has 2 rings (SSSR count). The van der Waals surface area contributed by atoms with Gasteiger partial charge in [0.25, 0.3) is 0 Å². The van der Waals surface area contributed by atoms with Crippen LogP contribution < -0.4 is 0 Å². The quantitative estimate of drug-likeness (QED) is 0.205. The fourth-order valence-electron chi connectivity index (χ4n) is 4.71. The molecular weight excluding hydrogens is 396 g/mol. The Hall–Kier alpha value is -1.14. The molecule has 6 heteroatoms. The molecule has 0 aromatic heterocycles. The molecule has 2 N–H and O–H groups in total. The van der Waals surface area contributed by atoms with Gasteiger partial charge in [0.2, 0.25) is 11.6 Å². The predicted octanol–water partition coefficient (Wildman–Crippen LogP) is 5.67. The number of hydrogen-bond acceptors (Lipinski definition) is 6. The highest BCUT2D eigenvalue weighted by molar-refractivity contribution is 5.70. The maximum Gasteiger partial charge on any atom is 0.308 e. The Labute approximate surface area is 188 Å². The van der Waals surface area contributed by atoms with Gasteiger partial charge in [-0.3, -0.25) is 9.59 Å². The van der Waals surface area contributed by atoms with Gasteiger partial charge < -0.3 is 19.7 Å². The first kappa shape index (κ1) is 26.1. The van der Waals surface area contributed by atoms with E-state index in [0.29, 0.717) is 38.5 Å². The molecule has 180 valence electrons. The fourth-order valence-corrected chi connectivity index (χ4v) is 4.71. The van der Waals surface area contributed by atoms with Crippen molar-refractivity contribution in [1.82, 2.24) is 0 Å². The molecule has 0 aromatic rings. The molecule has 0 spiro atoms. The monoisotopic (exact) mass is 440 g/mol. The second kappa shape index (κ2) is 14.1. The molecule has 2 aliphatic carbocycles. The zero-order valence-corrected chi connectivity index (χ0v) is 19.4. The molecule has 0 aromatic carbocycles. The molecule has 2 fully saturated rings. The summed E-state index contributed by atoms with van der Waals surface area (Å²) in [6, 6.07) is 0. The van der Waals surface area contributed by atoms with Gasteiger partial charge in [0.1, 0.15) is 0 Å². The van der Waals surface area contributed by atoms with Crippen LogP contribution in [0, 0.1) is 0 Å². The van der Waals surface area contributed by atoms with Gasteiger partial charge in [-0.15, -0.1) is 0 Å². The summed E-state index contributed by atoms with van der Waals surface area (Å²) in [6.07, 6.45) is 18.4. The number of carbonyl (C=O) groups is 2. The summed E-state index contributed by atoms with van der Waals surface area (Å²) < 4.78 is 10.6. The van der Waals surface area contributed by atoms with Gasteiger partial charge in [0.15, 0.2) is 0 Å². The average molecular weight is 441 g/mol. The molecule has 0 aliphatic heterocycles. The van der Waals surface area contributed by atoms with Crippen LogP contribution >= 0.6 is 0 Å². The highest BCUT2D eigenvalue weighted by Crippen LogP contribution is 2.30. The van der Waals surface area contributed by atoms with Gasteiger partial charge in [-0.1, -0.05) is 57.8 Å². The zero-order valence-electron chi connectivity index (χ0n) is 19.4. The Morgan fingerprint density at radius 3 is 1.13 bits per heavy atom. The summed E-state index contributed by atoms with van der Waals surface area (Å²) in [5, 5.41) is 20.5. The lowest BCUT2D eigenvalue weighted by molar-refractivity contribution is -0.221. The van der Waals surface area contributed by atoms with E-state index in [9.17, 15) is 19.8 Å². The van der Waals surface area contributed by atoms with Crippen molar-refractivity contribution < 1.29 is 29.3 Å². The number of rotatable bonds is 14. The first-order chi connectivity index (χ1) is 14.9. The van der Waals surface area contributed by atoms with Crippen molar-refractivity contribution in [2.45, 2.75) is 146 Å². The van der Waals surface area contributed by atoms with E-state index in [-0.39, 0.29) is 11.9 Å². The number of carbonyl (C=O) groups excluding carboxylic acids is 2. The van der Waals surface area contributed by atoms with E-state index in [2.05, 4.69) is 0 Å². The van der Waals surface area contributed by atoms with Gasteiger partial charge in [0, 0.05) is 38.5 Å². The Morgan fingerprint density at radius 2 is 0.806 bits per heavy atom. The molecule has 0 amide bonds. The topological polar surface area (TPSA) is 93.1 Å². The van der Waals surface area contributed by atoms with Crippen molar-refractivity contribution in [3.05, 3.63) is 0 Å². The van der Waals surface area contributed by atoms with Crippen LogP contribution in [0.2, 0.25) is 0 Å².